The van der Waals surface area contributed by atoms with Gasteiger partial charge in [-0.25, -0.2) is 0 Å². The molecule has 11 amide bonds. The highest BCUT2D eigenvalue weighted by Gasteiger charge is 2.45. The van der Waals surface area contributed by atoms with Crippen LogP contribution in [0.4, 0.5) is 0 Å². The van der Waals surface area contributed by atoms with Crippen LogP contribution in [-0.4, -0.2) is 238 Å². The van der Waals surface area contributed by atoms with Crippen LogP contribution in [0.25, 0.3) is 0 Å². The van der Waals surface area contributed by atoms with Crippen LogP contribution in [0.2, 0.25) is 0 Å². The summed E-state index contributed by atoms with van der Waals surface area (Å²) in [6.07, 6.45) is 1.15. The fraction of sp³-hybridized carbons (Fsp3) is 0.776. The van der Waals surface area contributed by atoms with Gasteiger partial charge >= 0.3 is 0 Å². The van der Waals surface area contributed by atoms with Gasteiger partial charge in [-0.05, 0) is 96.3 Å². The zero-order valence-corrected chi connectivity index (χ0v) is 53.2. The molecule has 0 aromatic rings. The second kappa shape index (κ2) is 33.2. The van der Waals surface area contributed by atoms with Crippen molar-refractivity contribution in [3.63, 3.8) is 0 Å². The Bertz CT molecular complexity index is 2260. The van der Waals surface area contributed by atoms with Crippen molar-refractivity contribution in [1.82, 2.24) is 55.6 Å². The van der Waals surface area contributed by atoms with Gasteiger partial charge in [-0.3, -0.25) is 52.7 Å². The number of carbonyl (C=O) groups is 11. The van der Waals surface area contributed by atoms with Gasteiger partial charge in [-0.1, -0.05) is 81.4 Å². The predicted molar refractivity (Wildman–Crippen MR) is 312 cm³/mol. The number of rotatable bonds is 13. The van der Waals surface area contributed by atoms with Gasteiger partial charge in [0, 0.05) is 49.3 Å². The minimum Gasteiger partial charge on any atom is -0.391 e. The van der Waals surface area contributed by atoms with E-state index in [1.54, 1.807) is 60.6 Å². The van der Waals surface area contributed by atoms with E-state index < -0.39 is 156 Å². The number of aliphatic hydroxyl groups excluding tert-OH is 2. The molecule has 468 valence electrons. The Morgan fingerprint density at radius 2 is 0.939 bits per heavy atom. The van der Waals surface area contributed by atoms with Crippen LogP contribution in [0.15, 0.2) is 12.2 Å². The molecule has 1 aliphatic heterocycles. The highest BCUT2D eigenvalue weighted by atomic mass is 16.3. The zero-order valence-electron chi connectivity index (χ0n) is 53.2. The Hall–Kier alpha value is -6.17. The van der Waals surface area contributed by atoms with Crippen molar-refractivity contribution in [2.24, 2.45) is 29.6 Å². The van der Waals surface area contributed by atoms with E-state index >= 15 is 9.59 Å². The molecule has 24 heteroatoms. The van der Waals surface area contributed by atoms with E-state index in [9.17, 15) is 53.4 Å². The van der Waals surface area contributed by atoms with E-state index in [0.29, 0.717) is 6.42 Å². The van der Waals surface area contributed by atoms with Crippen LogP contribution in [0, 0.1) is 29.6 Å². The van der Waals surface area contributed by atoms with E-state index in [2.05, 4.69) is 21.3 Å². The summed E-state index contributed by atoms with van der Waals surface area (Å²) in [5.74, 6) is -9.98. The summed E-state index contributed by atoms with van der Waals surface area (Å²) < 4.78 is 0. The SMILES string of the molecule is C/C=C/C[C@@H](C)[C@@H](O)[C@H]1C(=O)N[C@@H](CC)C(=O)N(C)CC(=O)N(C)[C@@H]([C@@H](C)O)C(=O)N[C@@H](CC(C)C)C(=O)N(C)[C@@H](C)C(=O)N[C@@H](C)C(=O)N[C@H](C)C(=O)N(C)[C@@H](CC(C)C)C(=O)N(C)[C@H](CC(C)C)C(=O)N(C)[C@@H](C(C)C)C(=O)N1C. The normalized spacial score (nSPS) is 27.7. The summed E-state index contributed by atoms with van der Waals surface area (Å²) in [5, 5.41) is 33.5. The molecular formula is C58H103N11O13. The van der Waals surface area contributed by atoms with Gasteiger partial charge in [0.2, 0.25) is 65.0 Å². The molecule has 13 atom stereocenters. The maximum atomic E-state index is 15.1. The van der Waals surface area contributed by atoms with Crippen molar-refractivity contribution in [3.05, 3.63) is 12.2 Å². The third-order valence-corrected chi connectivity index (χ3v) is 15.3. The fourth-order valence-corrected chi connectivity index (χ4v) is 10.1. The quantitative estimate of drug-likeness (QED) is 0.140. The van der Waals surface area contributed by atoms with Crippen LogP contribution < -0.4 is 21.3 Å². The van der Waals surface area contributed by atoms with Gasteiger partial charge in [0.15, 0.2) is 0 Å². The van der Waals surface area contributed by atoms with Crippen molar-refractivity contribution < 1.29 is 63.0 Å². The molecule has 1 heterocycles. The van der Waals surface area contributed by atoms with E-state index in [1.807, 2.05) is 27.7 Å². The average molecular weight is 1160 g/mol. The van der Waals surface area contributed by atoms with Crippen molar-refractivity contribution in [2.45, 2.75) is 209 Å². The number of allylic oxidation sites excluding steroid dienone is 2. The number of nitrogens with zero attached hydrogens (tertiary/aromatic N) is 7. The average Bonchev–Trinajstić information content (AvgIpc) is 3.43. The van der Waals surface area contributed by atoms with Gasteiger partial charge in [0.25, 0.3) is 0 Å². The lowest BCUT2D eigenvalue weighted by atomic mass is 9.91. The molecule has 0 aromatic carbocycles. The Morgan fingerprint density at radius 3 is 1.40 bits per heavy atom. The lowest BCUT2D eigenvalue weighted by molar-refractivity contribution is -0.157. The maximum absolute atomic E-state index is 15.1. The summed E-state index contributed by atoms with van der Waals surface area (Å²) in [7, 11) is 9.48. The van der Waals surface area contributed by atoms with E-state index in [0.717, 1.165) is 19.6 Å². The molecule has 1 aliphatic rings. The summed E-state index contributed by atoms with van der Waals surface area (Å²) in [6, 6.07) is -13.1. The van der Waals surface area contributed by atoms with Crippen molar-refractivity contribution >= 4 is 65.0 Å². The summed E-state index contributed by atoms with van der Waals surface area (Å²) in [5.41, 5.74) is 0. The number of hydrogen-bond donors (Lipinski definition) is 6. The van der Waals surface area contributed by atoms with E-state index in [-0.39, 0.29) is 43.4 Å². The number of nitrogens with one attached hydrogen (secondary N) is 4. The first-order valence-corrected chi connectivity index (χ1v) is 28.8. The maximum Gasteiger partial charge on any atom is 0.246 e. The Balaban J connectivity index is 4.24. The van der Waals surface area contributed by atoms with Crippen LogP contribution in [0.3, 0.4) is 0 Å². The van der Waals surface area contributed by atoms with Gasteiger partial charge in [0.05, 0.1) is 18.8 Å². The molecule has 0 radical (unpaired) electrons. The molecule has 0 saturated carbocycles. The third-order valence-electron chi connectivity index (χ3n) is 15.3. The lowest BCUT2D eigenvalue weighted by Gasteiger charge is -2.41. The second-order valence-corrected chi connectivity index (χ2v) is 24.1. The number of hydrogen-bond acceptors (Lipinski definition) is 13. The largest absolute Gasteiger partial charge is 0.391 e. The molecule has 0 aliphatic carbocycles. The summed E-state index contributed by atoms with van der Waals surface area (Å²) >= 11 is 0. The molecular weight excluding hydrogens is 1060 g/mol. The number of carbonyl (C=O) groups excluding carboxylic acids is 11. The van der Waals surface area contributed by atoms with Crippen molar-refractivity contribution in [2.75, 3.05) is 55.9 Å². The lowest BCUT2D eigenvalue weighted by Crippen LogP contribution is -2.63. The van der Waals surface area contributed by atoms with Gasteiger partial charge in [-0.15, -0.1) is 0 Å². The third kappa shape index (κ3) is 20.0. The predicted octanol–water partition coefficient (Wildman–Crippen LogP) is 0.968. The van der Waals surface area contributed by atoms with Crippen LogP contribution in [0.5, 0.6) is 0 Å². The molecule has 6 N–H and O–H groups in total. The minimum absolute atomic E-state index is 0.0172. The Morgan fingerprint density at radius 1 is 0.488 bits per heavy atom. The first-order chi connectivity index (χ1) is 37.8. The summed E-state index contributed by atoms with van der Waals surface area (Å²) in [6.45, 7) is 24.4. The number of likely N-dealkylation sites (N-methyl/N-ethyl adjacent to an activating group) is 7. The van der Waals surface area contributed by atoms with Crippen LogP contribution >= 0.6 is 0 Å². The number of amides is 11. The molecule has 1 fully saturated rings. The summed E-state index contributed by atoms with van der Waals surface area (Å²) in [4.78, 5) is 166. The fourth-order valence-electron chi connectivity index (χ4n) is 10.1. The van der Waals surface area contributed by atoms with Gasteiger partial charge < -0.3 is 65.8 Å². The highest BCUT2D eigenvalue weighted by Crippen LogP contribution is 2.25. The minimum atomic E-state index is -1.64. The zero-order chi connectivity index (χ0) is 63.7. The molecule has 24 nitrogen and oxygen atoms in total. The second-order valence-electron chi connectivity index (χ2n) is 24.1. The molecule has 1 rings (SSSR count). The van der Waals surface area contributed by atoms with Crippen molar-refractivity contribution in [3.8, 4) is 0 Å². The van der Waals surface area contributed by atoms with Crippen molar-refractivity contribution in [1.29, 1.82) is 0 Å². The standard InChI is InChI=1S/C58H103N11O13/c1-23-25-26-35(11)48(72)47-52(76)61-40(24-2)54(78)63(16)30-44(71)67(20)46(39(15)70)51(75)62-41(27-31(3)4)55(79)64(17)38(14)50(74)59-36(12)49(73)60-37(13)53(77)65(18)42(28-32(5)6)56(80)66(19)43(29-33(7)8)57(81)68(21)45(34(9)10)58(82)69(47)22/h23,25,31-43,45-48,70,72H,24,26-30H2,1-22H3,(H,59,74)(H,60,73)(H,61,76)(H,62,75)/b25-23+/t35-,36+,37-,38+,39-,40+,41+,42+,43-,45+,46+,47+,48-/m1/s1. The van der Waals surface area contributed by atoms with Crippen LogP contribution in [-0.2, 0) is 52.7 Å². The Labute approximate surface area is 488 Å². The molecule has 0 spiro atoms. The molecule has 1 saturated heterocycles. The highest BCUT2D eigenvalue weighted by molar-refractivity contribution is 5.99. The molecule has 0 aromatic heterocycles. The van der Waals surface area contributed by atoms with Gasteiger partial charge in [-0.2, -0.15) is 0 Å². The van der Waals surface area contributed by atoms with E-state index in [4.69, 9.17) is 0 Å². The van der Waals surface area contributed by atoms with Gasteiger partial charge in [0.1, 0.15) is 60.4 Å². The van der Waals surface area contributed by atoms with Crippen LogP contribution in [0.1, 0.15) is 136 Å². The topological polar surface area (TPSA) is 299 Å². The molecule has 82 heavy (non-hydrogen) atoms. The van der Waals surface area contributed by atoms with E-state index in [1.165, 1.54) is 91.7 Å². The molecule has 0 bridgehead atoms. The molecule has 0 unspecified atom stereocenters. The monoisotopic (exact) mass is 1160 g/mol. The Kier molecular flexibility index (Phi) is 29.9. The smallest absolute Gasteiger partial charge is 0.246 e. The first kappa shape index (κ1) is 73.8. The number of aliphatic hydroxyl groups is 2. The first-order valence-electron chi connectivity index (χ1n) is 28.8.